The lowest BCUT2D eigenvalue weighted by atomic mass is 10.2. The summed E-state index contributed by atoms with van der Waals surface area (Å²) in [6.45, 7) is 2.11. The van der Waals surface area contributed by atoms with Crippen molar-refractivity contribution in [2.24, 2.45) is 5.73 Å². The molecule has 1 rings (SSSR count). The summed E-state index contributed by atoms with van der Waals surface area (Å²) in [5.41, 5.74) is 5.40. The molecule has 1 aromatic rings. The number of nitrogens with one attached hydrogen (secondary N) is 1. The Hall–Kier alpha value is -0.670. The molecule has 0 saturated heterocycles. The van der Waals surface area contributed by atoms with E-state index in [1.165, 1.54) is 4.90 Å². The molecule has 0 bridgehead atoms. The second-order valence-electron chi connectivity index (χ2n) is 3.33. The van der Waals surface area contributed by atoms with Gasteiger partial charge in [0, 0.05) is 21.6 Å². The van der Waals surface area contributed by atoms with Gasteiger partial charge in [0.15, 0.2) is 0 Å². The minimum atomic E-state index is 0.253. The van der Waals surface area contributed by atoms with Gasteiger partial charge in [0.1, 0.15) is 0 Å². The van der Waals surface area contributed by atoms with E-state index in [0.29, 0.717) is 11.7 Å². The predicted octanol–water partition coefficient (Wildman–Crippen LogP) is 3.54. The van der Waals surface area contributed by atoms with Gasteiger partial charge in [-0.1, -0.05) is 18.5 Å². The highest BCUT2D eigenvalue weighted by atomic mass is 35.5. The molecule has 82 valence electrons. The van der Waals surface area contributed by atoms with Crippen molar-refractivity contribution in [1.82, 2.24) is 0 Å². The molecule has 3 N–H and O–H groups in total. The number of halogens is 1. The van der Waals surface area contributed by atoms with Crippen LogP contribution in [0.4, 0.5) is 0 Å². The Morgan fingerprint density at radius 3 is 2.53 bits per heavy atom. The Morgan fingerprint density at radius 2 is 2.07 bits per heavy atom. The molecule has 0 saturated carbocycles. The fourth-order valence-electron chi connectivity index (χ4n) is 1.22. The van der Waals surface area contributed by atoms with E-state index in [0.717, 1.165) is 11.4 Å². The minimum Gasteiger partial charge on any atom is -0.388 e. The van der Waals surface area contributed by atoms with Crippen molar-refractivity contribution < 1.29 is 0 Å². The summed E-state index contributed by atoms with van der Waals surface area (Å²) in [5, 5.41) is 8.40. The third-order valence-corrected chi connectivity index (χ3v) is 3.65. The lowest BCUT2D eigenvalue weighted by molar-refractivity contribution is 0.849. The molecule has 0 fully saturated rings. The van der Waals surface area contributed by atoms with Crippen molar-refractivity contribution in [2.45, 2.75) is 29.9 Å². The van der Waals surface area contributed by atoms with Crippen molar-refractivity contribution in [3.63, 3.8) is 0 Å². The summed E-state index contributed by atoms with van der Waals surface area (Å²) in [6, 6.07) is 7.75. The first-order chi connectivity index (χ1) is 7.11. The molecule has 0 heterocycles. The number of hydrogen-bond donors (Lipinski definition) is 2. The van der Waals surface area contributed by atoms with E-state index in [2.05, 4.69) is 6.92 Å². The van der Waals surface area contributed by atoms with E-state index < -0.39 is 0 Å². The van der Waals surface area contributed by atoms with Gasteiger partial charge >= 0.3 is 0 Å². The highest BCUT2D eigenvalue weighted by Crippen LogP contribution is 2.28. The van der Waals surface area contributed by atoms with Gasteiger partial charge in [0.05, 0.1) is 5.84 Å². The lowest BCUT2D eigenvalue weighted by Gasteiger charge is -2.13. The summed E-state index contributed by atoms with van der Waals surface area (Å²) >= 11 is 7.55. The second-order valence-corrected chi connectivity index (χ2v) is 5.14. The molecule has 15 heavy (non-hydrogen) atoms. The standard InChI is InChI=1S/C11H15ClN2S/c1-2-9(7-11(13)14)15-10-5-3-8(12)4-6-10/h3-6,9H,2,7H2,1H3,(H3,13,14). The molecule has 1 aromatic carbocycles. The van der Waals surface area contributed by atoms with Crippen LogP contribution in [0.3, 0.4) is 0 Å². The Kier molecular flexibility index (Phi) is 4.99. The number of nitrogens with two attached hydrogens (primary N) is 1. The lowest BCUT2D eigenvalue weighted by Crippen LogP contribution is -2.16. The molecule has 4 heteroatoms. The van der Waals surface area contributed by atoms with Crippen LogP contribution in [0.2, 0.25) is 5.02 Å². The van der Waals surface area contributed by atoms with E-state index in [9.17, 15) is 0 Å². The summed E-state index contributed by atoms with van der Waals surface area (Å²) in [4.78, 5) is 1.17. The average molecular weight is 243 g/mol. The van der Waals surface area contributed by atoms with Gasteiger partial charge in [-0.25, -0.2) is 0 Å². The molecule has 1 unspecified atom stereocenters. The van der Waals surface area contributed by atoms with E-state index in [-0.39, 0.29) is 5.84 Å². The number of amidine groups is 1. The van der Waals surface area contributed by atoms with Gasteiger partial charge < -0.3 is 5.73 Å². The Balaban J connectivity index is 2.58. The smallest absolute Gasteiger partial charge is 0.0916 e. The molecule has 0 aliphatic heterocycles. The number of hydrogen-bond acceptors (Lipinski definition) is 2. The molecule has 2 nitrogen and oxygen atoms in total. The van der Waals surface area contributed by atoms with E-state index in [1.54, 1.807) is 11.8 Å². The highest BCUT2D eigenvalue weighted by Gasteiger charge is 2.09. The van der Waals surface area contributed by atoms with Crippen molar-refractivity contribution >= 4 is 29.2 Å². The maximum absolute atomic E-state index is 7.27. The fourth-order valence-corrected chi connectivity index (χ4v) is 2.45. The first-order valence-electron chi connectivity index (χ1n) is 4.87. The largest absolute Gasteiger partial charge is 0.388 e. The Morgan fingerprint density at radius 1 is 1.47 bits per heavy atom. The third kappa shape index (κ3) is 4.58. The zero-order valence-corrected chi connectivity index (χ0v) is 10.2. The Labute approximate surface area is 99.7 Å². The molecule has 0 aliphatic rings. The van der Waals surface area contributed by atoms with Crippen LogP contribution in [0, 0.1) is 5.41 Å². The zero-order valence-electron chi connectivity index (χ0n) is 8.66. The number of thioether (sulfide) groups is 1. The summed E-state index contributed by atoms with van der Waals surface area (Å²) < 4.78 is 0. The van der Waals surface area contributed by atoms with Crippen LogP contribution in [0.5, 0.6) is 0 Å². The topological polar surface area (TPSA) is 49.9 Å². The number of rotatable bonds is 5. The van der Waals surface area contributed by atoms with Crippen LogP contribution in [-0.2, 0) is 0 Å². The molecule has 0 amide bonds. The average Bonchev–Trinajstić information content (AvgIpc) is 2.19. The molecule has 0 radical (unpaired) electrons. The monoisotopic (exact) mass is 242 g/mol. The SMILES string of the molecule is CCC(CC(=N)N)Sc1ccc(Cl)cc1. The van der Waals surface area contributed by atoms with Gasteiger partial charge in [-0.2, -0.15) is 0 Å². The van der Waals surface area contributed by atoms with Crippen LogP contribution >= 0.6 is 23.4 Å². The zero-order chi connectivity index (χ0) is 11.3. The summed E-state index contributed by atoms with van der Waals surface area (Å²) in [6.07, 6.45) is 1.65. The molecule has 0 spiro atoms. The van der Waals surface area contributed by atoms with Gasteiger partial charge in [0.25, 0.3) is 0 Å². The number of benzene rings is 1. The van der Waals surface area contributed by atoms with E-state index in [4.69, 9.17) is 22.7 Å². The van der Waals surface area contributed by atoms with Crippen LogP contribution in [0.15, 0.2) is 29.2 Å². The Bertz CT molecular complexity index is 324. The highest BCUT2D eigenvalue weighted by molar-refractivity contribution is 8.00. The van der Waals surface area contributed by atoms with Crippen molar-refractivity contribution in [2.75, 3.05) is 0 Å². The van der Waals surface area contributed by atoms with E-state index >= 15 is 0 Å². The normalized spacial score (nSPS) is 12.4. The second kappa shape index (κ2) is 6.03. The maximum atomic E-state index is 7.27. The van der Waals surface area contributed by atoms with Crippen LogP contribution < -0.4 is 5.73 Å². The van der Waals surface area contributed by atoms with Gasteiger partial charge in [-0.15, -0.1) is 11.8 Å². The minimum absolute atomic E-state index is 0.253. The molecular weight excluding hydrogens is 228 g/mol. The molecule has 0 aromatic heterocycles. The van der Waals surface area contributed by atoms with Crippen LogP contribution in [0.25, 0.3) is 0 Å². The fraction of sp³-hybridized carbons (Fsp3) is 0.364. The predicted molar refractivity (Wildman–Crippen MR) is 67.9 cm³/mol. The van der Waals surface area contributed by atoms with Gasteiger partial charge in [0.2, 0.25) is 0 Å². The third-order valence-electron chi connectivity index (χ3n) is 2.02. The molecular formula is C11H15ClN2S. The summed E-state index contributed by atoms with van der Waals surface area (Å²) in [7, 11) is 0. The van der Waals surface area contributed by atoms with Crippen molar-refractivity contribution in [1.29, 1.82) is 5.41 Å². The van der Waals surface area contributed by atoms with E-state index in [1.807, 2.05) is 24.3 Å². The van der Waals surface area contributed by atoms with Crippen LogP contribution in [0.1, 0.15) is 19.8 Å². The molecule has 1 atom stereocenters. The molecule has 0 aliphatic carbocycles. The van der Waals surface area contributed by atoms with Crippen molar-refractivity contribution in [3.05, 3.63) is 29.3 Å². The van der Waals surface area contributed by atoms with Crippen molar-refractivity contribution in [3.8, 4) is 0 Å². The van der Waals surface area contributed by atoms with Crippen LogP contribution in [-0.4, -0.2) is 11.1 Å². The maximum Gasteiger partial charge on any atom is 0.0916 e. The summed E-state index contributed by atoms with van der Waals surface area (Å²) in [5.74, 6) is 0.253. The first kappa shape index (κ1) is 12.4. The quantitative estimate of drug-likeness (QED) is 0.471. The van der Waals surface area contributed by atoms with Gasteiger partial charge in [-0.3, -0.25) is 5.41 Å². The van der Waals surface area contributed by atoms with Gasteiger partial charge in [-0.05, 0) is 30.7 Å². The first-order valence-corrected chi connectivity index (χ1v) is 6.12.